The number of Topliss-reactive ketones (excluding diaryl/α,β-unsaturated/α-hetero) is 1. The number of nitrogens with one attached hydrogen (secondary N) is 1. The maximum Gasteiger partial charge on any atom is 0.183 e. The summed E-state index contributed by atoms with van der Waals surface area (Å²) in [6.07, 6.45) is 5.16. The van der Waals surface area contributed by atoms with E-state index in [1.807, 2.05) is 53.2 Å². The van der Waals surface area contributed by atoms with Gasteiger partial charge in [0.15, 0.2) is 17.4 Å². The van der Waals surface area contributed by atoms with Gasteiger partial charge in [0.25, 0.3) is 0 Å². The number of anilines is 1. The quantitative estimate of drug-likeness (QED) is 0.380. The van der Waals surface area contributed by atoms with Gasteiger partial charge in [0.1, 0.15) is 5.52 Å². The molecule has 2 aromatic carbocycles. The lowest BCUT2D eigenvalue weighted by molar-refractivity contribution is 0.101. The van der Waals surface area contributed by atoms with Crippen LogP contribution in [0.2, 0.25) is 0 Å². The molecular formula is C26H21N5O. The van der Waals surface area contributed by atoms with Crippen LogP contribution in [0.4, 0.5) is 5.82 Å². The van der Waals surface area contributed by atoms with Crippen molar-refractivity contribution in [2.75, 3.05) is 5.32 Å². The van der Waals surface area contributed by atoms with E-state index in [0.29, 0.717) is 23.5 Å². The second-order valence-electron chi connectivity index (χ2n) is 7.53. The molecule has 0 atom stereocenters. The largest absolute Gasteiger partial charge is 0.364 e. The van der Waals surface area contributed by atoms with E-state index in [0.717, 1.165) is 28.0 Å². The number of benzene rings is 2. The zero-order chi connectivity index (χ0) is 21.9. The summed E-state index contributed by atoms with van der Waals surface area (Å²) in [5, 5.41) is 8.21. The van der Waals surface area contributed by atoms with Crippen molar-refractivity contribution in [1.82, 2.24) is 19.6 Å². The molecule has 6 heteroatoms. The smallest absolute Gasteiger partial charge is 0.183 e. The molecule has 3 heterocycles. The Kier molecular flexibility index (Phi) is 5.17. The van der Waals surface area contributed by atoms with Crippen LogP contribution in [-0.2, 0) is 6.54 Å². The normalized spacial score (nSPS) is 10.9. The summed E-state index contributed by atoms with van der Waals surface area (Å²) in [5.74, 6) is 1.17. The topological polar surface area (TPSA) is 72.2 Å². The van der Waals surface area contributed by atoms with Crippen LogP contribution in [0.25, 0.3) is 28.0 Å². The second-order valence-corrected chi connectivity index (χ2v) is 7.53. The highest BCUT2D eigenvalue weighted by Gasteiger charge is 2.16. The molecule has 6 nitrogen and oxygen atoms in total. The van der Waals surface area contributed by atoms with E-state index in [2.05, 4.69) is 34.6 Å². The van der Waals surface area contributed by atoms with Gasteiger partial charge in [-0.05, 0) is 30.2 Å². The fraction of sp³-hybridized carbons (Fsp3) is 0.0769. The molecule has 32 heavy (non-hydrogen) atoms. The average molecular weight is 419 g/mol. The van der Waals surface area contributed by atoms with Gasteiger partial charge in [0.2, 0.25) is 0 Å². The van der Waals surface area contributed by atoms with Gasteiger partial charge in [0, 0.05) is 41.8 Å². The van der Waals surface area contributed by atoms with Crippen molar-refractivity contribution < 1.29 is 4.79 Å². The second kappa shape index (κ2) is 8.43. The Morgan fingerprint density at radius 2 is 1.69 bits per heavy atom. The van der Waals surface area contributed by atoms with Gasteiger partial charge in [-0.1, -0.05) is 60.7 Å². The highest BCUT2D eigenvalue weighted by molar-refractivity contribution is 5.95. The van der Waals surface area contributed by atoms with Crippen molar-refractivity contribution >= 4 is 17.1 Å². The molecule has 0 fully saturated rings. The summed E-state index contributed by atoms with van der Waals surface area (Å²) in [4.78, 5) is 20.9. The predicted octanol–water partition coefficient (Wildman–Crippen LogP) is 5.27. The van der Waals surface area contributed by atoms with E-state index >= 15 is 0 Å². The Labute approximate surface area is 185 Å². The minimum atomic E-state index is -0.0461. The lowest BCUT2D eigenvalue weighted by Crippen LogP contribution is -2.07. The van der Waals surface area contributed by atoms with Gasteiger partial charge < -0.3 is 5.32 Å². The zero-order valence-electron chi connectivity index (χ0n) is 17.6. The maximum absolute atomic E-state index is 11.8. The molecule has 3 aromatic heterocycles. The Bertz CT molecular complexity index is 1390. The number of hydrogen-bond acceptors (Lipinski definition) is 5. The first-order valence-electron chi connectivity index (χ1n) is 10.4. The van der Waals surface area contributed by atoms with Gasteiger partial charge in [-0.2, -0.15) is 0 Å². The van der Waals surface area contributed by atoms with E-state index in [1.54, 1.807) is 18.5 Å². The van der Waals surface area contributed by atoms with Crippen LogP contribution < -0.4 is 5.32 Å². The Balaban J connectivity index is 1.64. The number of ketones is 1. The van der Waals surface area contributed by atoms with Crippen molar-refractivity contribution in [3.05, 3.63) is 103 Å². The third kappa shape index (κ3) is 3.86. The maximum atomic E-state index is 11.8. The summed E-state index contributed by atoms with van der Waals surface area (Å²) >= 11 is 0. The third-order valence-corrected chi connectivity index (χ3v) is 5.30. The molecule has 0 spiro atoms. The SMILES string of the molecule is CC(=O)c1cncc(-c2nc(NCc3ccccc3)c3c(-c4ccccc4)ccn3n2)c1. The van der Waals surface area contributed by atoms with Gasteiger partial charge in [-0.25, -0.2) is 9.50 Å². The molecule has 0 bridgehead atoms. The van der Waals surface area contributed by atoms with Crippen LogP contribution in [0.3, 0.4) is 0 Å². The lowest BCUT2D eigenvalue weighted by Gasteiger charge is -2.12. The average Bonchev–Trinajstić information content (AvgIpc) is 3.28. The number of rotatable bonds is 6. The first-order valence-corrected chi connectivity index (χ1v) is 10.4. The number of aromatic nitrogens is 4. The summed E-state index contributed by atoms with van der Waals surface area (Å²) in [7, 11) is 0. The number of pyridine rings is 1. The molecule has 156 valence electrons. The highest BCUT2D eigenvalue weighted by atomic mass is 16.1. The molecule has 0 saturated heterocycles. The molecule has 0 amide bonds. The summed E-state index contributed by atoms with van der Waals surface area (Å²) in [6, 6.07) is 24.2. The summed E-state index contributed by atoms with van der Waals surface area (Å²) in [6.45, 7) is 2.15. The number of hydrogen-bond donors (Lipinski definition) is 1. The molecule has 0 radical (unpaired) electrons. The van der Waals surface area contributed by atoms with Crippen LogP contribution in [0, 0.1) is 0 Å². The van der Waals surface area contributed by atoms with Crippen LogP contribution >= 0.6 is 0 Å². The standard InChI is InChI=1S/C26H21N5O/c1-18(32)21-14-22(17-27-16-21)25-29-26(28-15-19-8-4-2-5-9-19)24-23(12-13-31(24)30-25)20-10-6-3-7-11-20/h2-14,16-17H,15H2,1H3,(H,28,29,30). The molecule has 5 aromatic rings. The van der Waals surface area contributed by atoms with Crippen molar-refractivity contribution in [1.29, 1.82) is 0 Å². The van der Waals surface area contributed by atoms with E-state index < -0.39 is 0 Å². The Hall–Kier alpha value is -4.32. The number of carbonyl (C=O) groups is 1. The van der Waals surface area contributed by atoms with Crippen LogP contribution in [0.1, 0.15) is 22.8 Å². The van der Waals surface area contributed by atoms with Gasteiger partial charge in [-0.3, -0.25) is 9.78 Å². The third-order valence-electron chi connectivity index (χ3n) is 5.30. The van der Waals surface area contributed by atoms with E-state index in [4.69, 9.17) is 10.1 Å². The van der Waals surface area contributed by atoms with Gasteiger partial charge >= 0.3 is 0 Å². The lowest BCUT2D eigenvalue weighted by atomic mass is 10.1. The predicted molar refractivity (Wildman–Crippen MR) is 125 cm³/mol. The molecule has 0 aliphatic carbocycles. The van der Waals surface area contributed by atoms with Crippen LogP contribution in [0.15, 0.2) is 91.4 Å². The number of fused-ring (bicyclic) bond motifs is 1. The Morgan fingerprint density at radius 3 is 2.44 bits per heavy atom. The molecule has 0 unspecified atom stereocenters. The van der Waals surface area contributed by atoms with E-state index in [-0.39, 0.29) is 5.78 Å². The molecular weight excluding hydrogens is 398 g/mol. The fourth-order valence-electron chi connectivity index (χ4n) is 3.66. The van der Waals surface area contributed by atoms with Gasteiger partial charge in [0.05, 0.1) is 0 Å². The molecule has 0 aliphatic rings. The van der Waals surface area contributed by atoms with Crippen molar-refractivity contribution in [3.63, 3.8) is 0 Å². The van der Waals surface area contributed by atoms with Crippen LogP contribution in [-0.4, -0.2) is 25.4 Å². The monoisotopic (exact) mass is 419 g/mol. The first kappa shape index (κ1) is 19.6. The minimum Gasteiger partial charge on any atom is -0.364 e. The number of carbonyl (C=O) groups excluding carboxylic acids is 1. The Morgan fingerprint density at radius 1 is 0.938 bits per heavy atom. The zero-order valence-corrected chi connectivity index (χ0v) is 17.6. The summed E-state index contributed by atoms with van der Waals surface area (Å²) in [5.41, 5.74) is 5.41. The van der Waals surface area contributed by atoms with E-state index in [9.17, 15) is 4.79 Å². The molecule has 0 saturated carbocycles. The molecule has 1 N–H and O–H groups in total. The van der Waals surface area contributed by atoms with Crippen LogP contribution in [0.5, 0.6) is 0 Å². The molecule has 5 rings (SSSR count). The highest BCUT2D eigenvalue weighted by Crippen LogP contribution is 2.31. The van der Waals surface area contributed by atoms with Gasteiger partial charge in [-0.15, -0.1) is 5.10 Å². The number of nitrogens with zero attached hydrogens (tertiary/aromatic N) is 4. The van der Waals surface area contributed by atoms with Crippen molar-refractivity contribution in [2.45, 2.75) is 13.5 Å². The van der Waals surface area contributed by atoms with Crippen molar-refractivity contribution in [3.8, 4) is 22.5 Å². The fourth-order valence-corrected chi connectivity index (χ4v) is 3.66. The van der Waals surface area contributed by atoms with E-state index in [1.165, 1.54) is 6.92 Å². The molecule has 0 aliphatic heterocycles. The minimum absolute atomic E-state index is 0.0461. The van der Waals surface area contributed by atoms with Crippen molar-refractivity contribution in [2.24, 2.45) is 0 Å². The summed E-state index contributed by atoms with van der Waals surface area (Å²) < 4.78 is 1.83. The first-order chi connectivity index (χ1) is 15.7.